The van der Waals surface area contributed by atoms with E-state index in [1.54, 1.807) is 6.07 Å². The van der Waals surface area contributed by atoms with E-state index < -0.39 is 0 Å². The van der Waals surface area contributed by atoms with E-state index in [2.05, 4.69) is 4.98 Å². The summed E-state index contributed by atoms with van der Waals surface area (Å²) in [7, 11) is 0. The lowest BCUT2D eigenvalue weighted by Gasteiger charge is -2.15. The summed E-state index contributed by atoms with van der Waals surface area (Å²) in [6, 6.07) is 5.15. The molecule has 1 aromatic carbocycles. The van der Waals surface area contributed by atoms with Crippen LogP contribution in [0.3, 0.4) is 0 Å². The van der Waals surface area contributed by atoms with Gasteiger partial charge in [0.05, 0.1) is 5.02 Å². The summed E-state index contributed by atoms with van der Waals surface area (Å²) in [5, 5.41) is 10.6. The van der Waals surface area contributed by atoms with Gasteiger partial charge in [-0.15, -0.1) is 0 Å². The van der Waals surface area contributed by atoms with Crippen LogP contribution in [0.1, 0.15) is 46.0 Å². The Morgan fingerprint density at radius 2 is 1.86 bits per heavy atom. The molecule has 1 heterocycles. The standard InChI is InChI=1S/C9H6ClNO2.C6H13N.C2H6/c10-7-4-6-5(3-8(7)12)1-2-11-9(6)13;7-6-4-2-1-3-5-6;1-2/h1-4,12H,(H,11,13);6H,1-5,7H2;1-2H3. The topological polar surface area (TPSA) is 79.1 Å². The Labute approximate surface area is 136 Å². The van der Waals surface area contributed by atoms with Gasteiger partial charge in [-0.2, -0.15) is 0 Å². The fraction of sp³-hybridized carbons (Fsp3) is 0.471. The number of benzene rings is 1. The third kappa shape index (κ3) is 5.35. The molecule has 0 radical (unpaired) electrons. The zero-order chi connectivity index (χ0) is 16.5. The lowest BCUT2D eigenvalue weighted by molar-refractivity contribution is 0.441. The first-order valence-corrected chi connectivity index (χ1v) is 8.21. The Bertz CT molecular complexity index is 634. The van der Waals surface area contributed by atoms with E-state index in [4.69, 9.17) is 17.3 Å². The molecule has 1 saturated carbocycles. The van der Waals surface area contributed by atoms with Crippen LogP contribution in [0.4, 0.5) is 0 Å². The molecule has 1 aliphatic rings. The fourth-order valence-electron chi connectivity index (χ4n) is 2.33. The summed E-state index contributed by atoms with van der Waals surface area (Å²) in [5.41, 5.74) is 5.43. The van der Waals surface area contributed by atoms with Gasteiger partial charge in [-0.3, -0.25) is 4.79 Å². The second-order valence-corrected chi connectivity index (χ2v) is 5.50. The van der Waals surface area contributed by atoms with Crippen LogP contribution in [-0.4, -0.2) is 16.1 Å². The minimum absolute atomic E-state index is 0.0141. The average molecular weight is 325 g/mol. The van der Waals surface area contributed by atoms with Gasteiger partial charge >= 0.3 is 0 Å². The summed E-state index contributed by atoms with van der Waals surface area (Å²) in [6.45, 7) is 4.00. The van der Waals surface area contributed by atoms with Crippen molar-refractivity contribution in [2.45, 2.75) is 52.0 Å². The maximum absolute atomic E-state index is 11.2. The van der Waals surface area contributed by atoms with E-state index in [1.807, 2.05) is 13.8 Å². The van der Waals surface area contributed by atoms with Crippen molar-refractivity contribution in [2.75, 3.05) is 0 Å². The third-order valence-corrected chi connectivity index (χ3v) is 3.79. The molecule has 4 nitrogen and oxygen atoms in total. The van der Waals surface area contributed by atoms with Crippen LogP contribution in [0.2, 0.25) is 5.02 Å². The number of nitrogens with one attached hydrogen (secondary N) is 1. The maximum atomic E-state index is 11.2. The number of aromatic amines is 1. The highest BCUT2D eigenvalue weighted by molar-refractivity contribution is 6.32. The zero-order valence-electron chi connectivity index (χ0n) is 13.2. The monoisotopic (exact) mass is 324 g/mol. The van der Waals surface area contributed by atoms with Crippen molar-refractivity contribution in [3.63, 3.8) is 0 Å². The highest BCUT2D eigenvalue weighted by Crippen LogP contribution is 2.26. The number of nitrogens with two attached hydrogens (primary N) is 1. The van der Waals surface area contributed by atoms with Gasteiger partial charge in [-0.25, -0.2) is 0 Å². The van der Waals surface area contributed by atoms with Gasteiger partial charge in [-0.05, 0) is 36.4 Å². The third-order valence-electron chi connectivity index (χ3n) is 3.49. The van der Waals surface area contributed by atoms with Crippen LogP contribution in [-0.2, 0) is 0 Å². The first kappa shape index (κ1) is 18.5. The largest absolute Gasteiger partial charge is 0.506 e. The number of phenols is 1. The SMILES string of the molecule is CC.NC1CCCCC1.O=c1[nH]ccc2cc(O)c(Cl)cc12. The number of aromatic hydroxyl groups is 1. The number of rotatable bonds is 0. The van der Waals surface area contributed by atoms with E-state index in [0.717, 1.165) is 0 Å². The van der Waals surface area contributed by atoms with Gasteiger partial charge in [0.2, 0.25) is 0 Å². The first-order chi connectivity index (χ1) is 10.6. The van der Waals surface area contributed by atoms with Crippen LogP contribution < -0.4 is 11.3 Å². The molecule has 1 aromatic heterocycles. The second-order valence-electron chi connectivity index (χ2n) is 5.10. The molecule has 5 heteroatoms. The fourth-order valence-corrected chi connectivity index (χ4v) is 2.50. The Hall–Kier alpha value is -1.52. The normalized spacial score (nSPS) is 14.5. The quantitative estimate of drug-likeness (QED) is 0.679. The minimum Gasteiger partial charge on any atom is -0.506 e. The van der Waals surface area contributed by atoms with Gasteiger partial charge in [0.15, 0.2) is 0 Å². The Morgan fingerprint density at radius 3 is 2.41 bits per heavy atom. The number of hydrogen-bond acceptors (Lipinski definition) is 3. The van der Waals surface area contributed by atoms with E-state index in [-0.39, 0.29) is 16.3 Å². The van der Waals surface area contributed by atoms with Crippen LogP contribution in [0, 0.1) is 0 Å². The number of phenolic OH excluding ortho intramolecular Hbond substituents is 1. The molecule has 0 saturated heterocycles. The number of hydrogen-bond donors (Lipinski definition) is 3. The van der Waals surface area contributed by atoms with Crippen molar-refractivity contribution in [2.24, 2.45) is 5.73 Å². The molecule has 0 atom stereocenters. The van der Waals surface area contributed by atoms with Crippen molar-refractivity contribution in [1.82, 2.24) is 4.98 Å². The van der Waals surface area contributed by atoms with Gasteiger partial charge in [-0.1, -0.05) is 44.7 Å². The van der Waals surface area contributed by atoms with Crippen LogP contribution >= 0.6 is 11.6 Å². The summed E-state index contributed by atoms with van der Waals surface area (Å²) in [5.74, 6) is -0.0141. The molecule has 0 spiro atoms. The van der Waals surface area contributed by atoms with E-state index >= 15 is 0 Å². The Morgan fingerprint density at radius 1 is 1.23 bits per heavy atom. The zero-order valence-corrected chi connectivity index (χ0v) is 14.0. The van der Waals surface area contributed by atoms with Gasteiger partial charge < -0.3 is 15.8 Å². The lowest BCUT2D eigenvalue weighted by atomic mass is 9.97. The summed E-state index contributed by atoms with van der Waals surface area (Å²) in [6.07, 6.45) is 8.19. The second kappa shape index (κ2) is 9.49. The summed E-state index contributed by atoms with van der Waals surface area (Å²) in [4.78, 5) is 13.8. The van der Waals surface area contributed by atoms with Gasteiger partial charge in [0.25, 0.3) is 5.56 Å². The molecule has 0 aliphatic heterocycles. The van der Waals surface area contributed by atoms with Crippen LogP contribution in [0.25, 0.3) is 10.8 Å². The van der Waals surface area contributed by atoms with Crippen molar-refractivity contribution in [1.29, 1.82) is 0 Å². The van der Waals surface area contributed by atoms with Crippen molar-refractivity contribution in [3.8, 4) is 5.75 Å². The first-order valence-electron chi connectivity index (χ1n) is 7.83. The van der Waals surface area contributed by atoms with Gasteiger partial charge in [0, 0.05) is 17.6 Å². The number of halogens is 1. The van der Waals surface area contributed by atoms with E-state index in [0.29, 0.717) is 16.8 Å². The van der Waals surface area contributed by atoms with E-state index in [1.165, 1.54) is 50.4 Å². The molecular formula is C17H25ClN2O2. The summed E-state index contributed by atoms with van der Waals surface area (Å²) < 4.78 is 0. The molecule has 3 rings (SSSR count). The molecule has 0 amide bonds. The number of fused-ring (bicyclic) bond motifs is 1. The molecule has 1 fully saturated rings. The predicted molar refractivity (Wildman–Crippen MR) is 93.7 cm³/mol. The smallest absolute Gasteiger partial charge is 0.255 e. The molecule has 2 aromatic rings. The Balaban J connectivity index is 0.000000228. The molecule has 122 valence electrons. The van der Waals surface area contributed by atoms with Gasteiger partial charge in [0.1, 0.15) is 5.75 Å². The highest BCUT2D eigenvalue weighted by atomic mass is 35.5. The van der Waals surface area contributed by atoms with Crippen LogP contribution in [0.5, 0.6) is 5.75 Å². The van der Waals surface area contributed by atoms with Crippen molar-refractivity contribution < 1.29 is 5.11 Å². The number of pyridine rings is 1. The number of aromatic nitrogens is 1. The Kier molecular flexibility index (Phi) is 7.99. The predicted octanol–water partition coefficient (Wildman–Crippen LogP) is 4.19. The average Bonchev–Trinajstić information content (AvgIpc) is 2.53. The number of H-pyrrole nitrogens is 1. The molecule has 4 N–H and O–H groups in total. The molecular weight excluding hydrogens is 300 g/mol. The highest BCUT2D eigenvalue weighted by Gasteiger charge is 2.06. The minimum atomic E-state index is -0.209. The van der Waals surface area contributed by atoms with E-state index in [9.17, 15) is 9.90 Å². The summed E-state index contributed by atoms with van der Waals surface area (Å²) >= 11 is 5.66. The lowest BCUT2D eigenvalue weighted by Crippen LogP contribution is -2.22. The van der Waals surface area contributed by atoms with Crippen molar-refractivity contribution in [3.05, 3.63) is 39.8 Å². The van der Waals surface area contributed by atoms with Crippen molar-refractivity contribution >= 4 is 22.4 Å². The molecule has 1 aliphatic carbocycles. The molecule has 0 bridgehead atoms. The van der Waals surface area contributed by atoms with Crippen LogP contribution in [0.15, 0.2) is 29.2 Å². The molecule has 22 heavy (non-hydrogen) atoms. The molecule has 0 unspecified atom stereocenters. The maximum Gasteiger partial charge on any atom is 0.255 e.